The fraction of sp³-hybridized carbons (Fsp3) is 0.833. The predicted molar refractivity (Wildman–Crippen MR) is 90.9 cm³/mol. The Morgan fingerprint density at radius 3 is 2.13 bits per heavy atom. The first-order chi connectivity index (χ1) is 10.7. The molecule has 0 spiro atoms. The molecule has 0 aromatic heterocycles. The second kappa shape index (κ2) is 12.1. The Morgan fingerprint density at radius 2 is 1.61 bits per heavy atom. The number of nitrogens with one attached hydrogen (secondary N) is 1. The average Bonchev–Trinajstić information content (AvgIpc) is 2.43. The van der Waals surface area contributed by atoms with Gasteiger partial charge in [0, 0.05) is 6.42 Å². The molecule has 0 saturated carbocycles. The first-order valence-electron chi connectivity index (χ1n) is 8.67. The summed E-state index contributed by atoms with van der Waals surface area (Å²) in [5, 5.41) is 2.65. The molecular weight excluding hydrogens is 294 g/mol. The summed E-state index contributed by atoms with van der Waals surface area (Å²) in [5.41, 5.74) is 0. The van der Waals surface area contributed by atoms with Gasteiger partial charge >= 0.3 is 5.97 Å². The Balaban J connectivity index is 4.08. The largest absolute Gasteiger partial charge is 0.465 e. The monoisotopic (exact) mass is 327 g/mol. The van der Waals surface area contributed by atoms with Crippen LogP contribution < -0.4 is 5.32 Å². The summed E-state index contributed by atoms with van der Waals surface area (Å²) < 4.78 is 5.06. The highest BCUT2D eigenvalue weighted by molar-refractivity contribution is 5.90. The number of Topliss-reactive ketones (excluding diaryl/α,β-unsaturated/α-hetero) is 1. The van der Waals surface area contributed by atoms with Gasteiger partial charge in [-0.15, -0.1) is 0 Å². The topological polar surface area (TPSA) is 72.5 Å². The van der Waals surface area contributed by atoms with Gasteiger partial charge in [0.05, 0.1) is 19.1 Å². The van der Waals surface area contributed by atoms with Crippen molar-refractivity contribution < 1.29 is 19.1 Å². The van der Waals surface area contributed by atoms with Gasteiger partial charge in [-0.1, -0.05) is 47.0 Å². The van der Waals surface area contributed by atoms with Crippen molar-refractivity contribution in [3.05, 3.63) is 0 Å². The highest BCUT2D eigenvalue weighted by atomic mass is 16.5. The Labute approximate surface area is 140 Å². The zero-order valence-electron chi connectivity index (χ0n) is 15.3. The molecule has 0 aromatic carbocycles. The molecule has 0 aromatic rings. The molecule has 0 radical (unpaired) electrons. The van der Waals surface area contributed by atoms with Crippen LogP contribution in [0.4, 0.5) is 0 Å². The molecule has 1 atom stereocenters. The molecule has 5 nitrogen and oxygen atoms in total. The SMILES string of the molecule is CC(=O)C(CC(=O)OCC(C)C)NC(=O)CCCCCC(C)C. The summed E-state index contributed by atoms with van der Waals surface area (Å²) in [5.74, 6) is 0.0834. The quantitative estimate of drug-likeness (QED) is 0.441. The Hall–Kier alpha value is -1.39. The lowest BCUT2D eigenvalue weighted by molar-refractivity contribution is -0.146. The highest BCUT2D eigenvalue weighted by Gasteiger charge is 2.21. The van der Waals surface area contributed by atoms with E-state index in [0.29, 0.717) is 18.9 Å². The van der Waals surface area contributed by atoms with Crippen molar-refractivity contribution in [2.24, 2.45) is 11.8 Å². The molecule has 0 aliphatic heterocycles. The van der Waals surface area contributed by atoms with Crippen molar-refractivity contribution in [3.8, 4) is 0 Å². The maximum atomic E-state index is 11.9. The minimum absolute atomic E-state index is 0.0961. The van der Waals surface area contributed by atoms with Crippen LogP contribution in [0.5, 0.6) is 0 Å². The number of carbonyl (C=O) groups is 3. The molecule has 0 heterocycles. The smallest absolute Gasteiger partial charge is 0.308 e. The van der Waals surface area contributed by atoms with Crippen LogP contribution in [0.25, 0.3) is 0 Å². The third kappa shape index (κ3) is 12.8. The minimum Gasteiger partial charge on any atom is -0.465 e. The van der Waals surface area contributed by atoms with Gasteiger partial charge in [-0.3, -0.25) is 14.4 Å². The predicted octanol–water partition coefficient (Wildman–Crippen LogP) is 3.26. The Kier molecular flexibility index (Phi) is 11.4. The van der Waals surface area contributed by atoms with Crippen LogP contribution in [0.15, 0.2) is 0 Å². The summed E-state index contributed by atoms with van der Waals surface area (Å²) >= 11 is 0. The Morgan fingerprint density at radius 1 is 0.957 bits per heavy atom. The molecular formula is C18H33NO4. The molecule has 134 valence electrons. The number of hydrogen-bond acceptors (Lipinski definition) is 4. The Bertz CT molecular complexity index is 377. The van der Waals surface area contributed by atoms with E-state index < -0.39 is 12.0 Å². The summed E-state index contributed by atoms with van der Waals surface area (Å²) in [7, 11) is 0. The molecule has 1 N–H and O–H groups in total. The first-order valence-corrected chi connectivity index (χ1v) is 8.67. The second-order valence-corrected chi connectivity index (χ2v) is 7.00. The molecule has 0 fully saturated rings. The van der Waals surface area contributed by atoms with Crippen molar-refractivity contribution >= 4 is 17.7 Å². The fourth-order valence-electron chi connectivity index (χ4n) is 2.06. The third-order valence-electron chi connectivity index (χ3n) is 3.46. The molecule has 0 rings (SSSR count). The lowest BCUT2D eigenvalue weighted by Gasteiger charge is -2.16. The summed E-state index contributed by atoms with van der Waals surface area (Å²) in [6, 6.07) is -0.780. The van der Waals surface area contributed by atoms with E-state index in [-0.39, 0.29) is 24.0 Å². The molecule has 0 aliphatic carbocycles. The van der Waals surface area contributed by atoms with Crippen LogP contribution in [0, 0.1) is 11.8 Å². The number of carbonyl (C=O) groups excluding carboxylic acids is 3. The van der Waals surface area contributed by atoms with E-state index in [1.807, 2.05) is 13.8 Å². The van der Waals surface area contributed by atoms with Crippen molar-refractivity contribution in [1.29, 1.82) is 0 Å². The fourth-order valence-corrected chi connectivity index (χ4v) is 2.06. The van der Waals surface area contributed by atoms with Crippen LogP contribution in [0.3, 0.4) is 0 Å². The minimum atomic E-state index is -0.780. The van der Waals surface area contributed by atoms with E-state index in [0.717, 1.165) is 19.3 Å². The number of ether oxygens (including phenoxy) is 1. The summed E-state index contributed by atoms with van der Waals surface area (Å²) in [4.78, 5) is 35.1. The maximum absolute atomic E-state index is 11.9. The van der Waals surface area contributed by atoms with Crippen LogP contribution in [0.2, 0.25) is 0 Å². The number of hydrogen-bond donors (Lipinski definition) is 1. The zero-order valence-corrected chi connectivity index (χ0v) is 15.3. The van der Waals surface area contributed by atoms with Gasteiger partial charge in [0.25, 0.3) is 0 Å². The van der Waals surface area contributed by atoms with Gasteiger partial charge in [-0.25, -0.2) is 0 Å². The molecule has 1 unspecified atom stereocenters. The summed E-state index contributed by atoms with van der Waals surface area (Å²) in [6.45, 7) is 9.95. The molecule has 0 aliphatic rings. The average molecular weight is 327 g/mol. The standard InChI is InChI=1S/C18H33NO4/c1-13(2)9-7-6-8-10-17(21)19-16(15(5)20)11-18(22)23-12-14(3)4/h13-14,16H,6-12H2,1-5H3,(H,19,21). The molecule has 1 amide bonds. The first kappa shape index (κ1) is 21.6. The number of esters is 1. The van der Waals surface area contributed by atoms with Crippen LogP contribution in [-0.2, 0) is 19.1 Å². The van der Waals surface area contributed by atoms with Gasteiger partial charge in [0.1, 0.15) is 0 Å². The number of ketones is 1. The van der Waals surface area contributed by atoms with E-state index in [2.05, 4.69) is 19.2 Å². The highest BCUT2D eigenvalue weighted by Crippen LogP contribution is 2.09. The second-order valence-electron chi connectivity index (χ2n) is 7.00. The van der Waals surface area contributed by atoms with Crippen molar-refractivity contribution in [2.45, 2.75) is 79.2 Å². The van der Waals surface area contributed by atoms with Crippen LogP contribution >= 0.6 is 0 Å². The van der Waals surface area contributed by atoms with Gasteiger partial charge in [0.15, 0.2) is 5.78 Å². The molecule has 23 heavy (non-hydrogen) atoms. The van der Waals surface area contributed by atoms with Crippen molar-refractivity contribution in [3.63, 3.8) is 0 Å². The van der Waals surface area contributed by atoms with Gasteiger partial charge in [-0.05, 0) is 25.2 Å². The van der Waals surface area contributed by atoms with E-state index >= 15 is 0 Å². The molecule has 0 bridgehead atoms. The van der Waals surface area contributed by atoms with E-state index in [9.17, 15) is 14.4 Å². The maximum Gasteiger partial charge on any atom is 0.308 e. The van der Waals surface area contributed by atoms with Crippen molar-refractivity contribution in [2.75, 3.05) is 6.61 Å². The van der Waals surface area contributed by atoms with Gasteiger partial charge < -0.3 is 10.1 Å². The lowest BCUT2D eigenvalue weighted by atomic mass is 10.0. The normalized spacial score (nSPS) is 12.3. The van der Waals surface area contributed by atoms with E-state index in [1.165, 1.54) is 13.3 Å². The zero-order chi connectivity index (χ0) is 17.8. The number of amides is 1. The molecule has 5 heteroatoms. The van der Waals surface area contributed by atoms with Crippen LogP contribution in [0.1, 0.15) is 73.1 Å². The number of unbranched alkanes of at least 4 members (excludes halogenated alkanes) is 2. The summed E-state index contributed by atoms with van der Waals surface area (Å²) in [6.07, 6.45) is 4.39. The van der Waals surface area contributed by atoms with E-state index in [1.54, 1.807) is 0 Å². The van der Waals surface area contributed by atoms with Crippen LogP contribution in [-0.4, -0.2) is 30.3 Å². The third-order valence-corrected chi connectivity index (χ3v) is 3.46. The number of rotatable bonds is 12. The van der Waals surface area contributed by atoms with Crippen molar-refractivity contribution in [1.82, 2.24) is 5.32 Å². The van der Waals surface area contributed by atoms with Gasteiger partial charge in [-0.2, -0.15) is 0 Å². The lowest BCUT2D eigenvalue weighted by Crippen LogP contribution is -2.41. The van der Waals surface area contributed by atoms with Gasteiger partial charge in [0.2, 0.25) is 5.91 Å². The molecule has 0 saturated heterocycles. The van der Waals surface area contributed by atoms with E-state index in [4.69, 9.17) is 4.74 Å².